The molecule has 1 aromatic rings. The van der Waals surface area contributed by atoms with Gasteiger partial charge in [-0.05, 0) is 30.2 Å². The molecule has 2 N–H and O–H groups in total. The number of amides is 2. The molecule has 4 rings (SSSR count). The van der Waals surface area contributed by atoms with Crippen LogP contribution in [-0.2, 0) is 9.59 Å². The maximum absolute atomic E-state index is 13.0. The Morgan fingerprint density at radius 2 is 2.20 bits per heavy atom. The summed E-state index contributed by atoms with van der Waals surface area (Å²) >= 11 is 0. The predicted molar refractivity (Wildman–Crippen MR) is 86.6 cm³/mol. The van der Waals surface area contributed by atoms with Crippen LogP contribution >= 0.6 is 0 Å². The zero-order valence-electron chi connectivity index (χ0n) is 14.4. The number of carbonyl (C=O) groups excluding carboxylic acids is 2. The van der Waals surface area contributed by atoms with Crippen LogP contribution in [0, 0.1) is 11.3 Å². The molecule has 0 saturated carbocycles. The molecule has 3 aliphatic heterocycles. The molecule has 3 fully saturated rings. The van der Waals surface area contributed by atoms with Gasteiger partial charge in [0.05, 0.1) is 5.92 Å². The molecule has 2 amide bonds. The molecule has 2 atom stereocenters. The summed E-state index contributed by atoms with van der Waals surface area (Å²) in [5.41, 5.74) is 6.16. The summed E-state index contributed by atoms with van der Waals surface area (Å²) < 4.78 is 1.57. The van der Waals surface area contributed by atoms with E-state index in [1.807, 2.05) is 16.7 Å². The summed E-state index contributed by atoms with van der Waals surface area (Å²) in [7, 11) is 0. The van der Waals surface area contributed by atoms with E-state index >= 15 is 0 Å². The van der Waals surface area contributed by atoms with Gasteiger partial charge in [-0.15, -0.1) is 5.10 Å². The minimum Gasteiger partial charge on any atom is -0.342 e. The topological polar surface area (TPSA) is 108 Å². The van der Waals surface area contributed by atoms with Crippen LogP contribution in [0.1, 0.15) is 32.4 Å². The van der Waals surface area contributed by atoms with Crippen LogP contribution in [-0.4, -0.2) is 74.5 Å². The van der Waals surface area contributed by atoms with Crippen LogP contribution in [0.15, 0.2) is 6.33 Å². The molecule has 136 valence electrons. The highest BCUT2D eigenvalue weighted by molar-refractivity contribution is 5.81. The van der Waals surface area contributed by atoms with Gasteiger partial charge in [-0.3, -0.25) is 15.0 Å². The fraction of sp³-hybridized carbons (Fsp3) is 0.800. The lowest BCUT2D eigenvalue weighted by Gasteiger charge is -2.40. The molecule has 0 radical (unpaired) electrons. The van der Waals surface area contributed by atoms with Crippen molar-refractivity contribution >= 4 is 11.8 Å². The van der Waals surface area contributed by atoms with E-state index in [0.29, 0.717) is 26.1 Å². The molecule has 10 heteroatoms. The Morgan fingerprint density at radius 3 is 2.84 bits per heavy atom. The number of aromatic nitrogens is 4. The average molecular weight is 348 g/mol. The minimum absolute atomic E-state index is 0.0608. The largest absolute Gasteiger partial charge is 0.342 e. The molecular formula is C15H24N8O2. The molecule has 3 aliphatic rings. The lowest BCUT2D eigenvalue weighted by molar-refractivity contribution is -0.138. The second-order valence-electron chi connectivity index (χ2n) is 7.28. The molecule has 1 spiro atoms. The van der Waals surface area contributed by atoms with Crippen LogP contribution in [0.5, 0.6) is 0 Å². The van der Waals surface area contributed by atoms with Crippen molar-refractivity contribution < 1.29 is 9.59 Å². The van der Waals surface area contributed by atoms with E-state index in [9.17, 15) is 9.59 Å². The van der Waals surface area contributed by atoms with Crippen LogP contribution in [0.4, 0.5) is 0 Å². The Balaban J connectivity index is 1.39. The molecule has 10 nitrogen and oxygen atoms in total. The number of nitrogens with zero attached hydrogens (tertiary/aromatic N) is 6. The van der Waals surface area contributed by atoms with Gasteiger partial charge in [-0.1, -0.05) is 0 Å². The first-order valence-electron chi connectivity index (χ1n) is 8.89. The third-order valence-electron chi connectivity index (χ3n) is 5.84. The zero-order chi connectivity index (χ0) is 17.4. The Labute approximate surface area is 145 Å². The van der Waals surface area contributed by atoms with Crippen molar-refractivity contribution in [3.05, 3.63) is 6.33 Å². The molecule has 3 saturated heterocycles. The van der Waals surface area contributed by atoms with Crippen molar-refractivity contribution in [2.45, 2.75) is 32.4 Å². The van der Waals surface area contributed by atoms with Crippen LogP contribution in [0.2, 0.25) is 0 Å². The Morgan fingerprint density at radius 1 is 1.40 bits per heavy atom. The predicted octanol–water partition coefficient (Wildman–Crippen LogP) is -1.24. The fourth-order valence-electron chi connectivity index (χ4n) is 4.29. The molecule has 2 unspecified atom stereocenters. The van der Waals surface area contributed by atoms with Gasteiger partial charge >= 0.3 is 0 Å². The van der Waals surface area contributed by atoms with Crippen molar-refractivity contribution in [3.8, 4) is 0 Å². The van der Waals surface area contributed by atoms with E-state index in [0.717, 1.165) is 25.9 Å². The highest BCUT2D eigenvalue weighted by Gasteiger charge is 2.46. The van der Waals surface area contributed by atoms with Crippen molar-refractivity contribution in [1.82, 2.24) is 40.9 Å². The van der Waals surface area contributed by atoms with Crippen LogP contribution in [0.3, 0.4) is 0 Å². The van der Waals surface area contributed by atoms with E-state index in [1.54, 1.807) is 4.68 Å². The smallest absolute Gasteiger partial charge is 0.230 e. The molecule has 1 aromatic heterocycles. The van der Waals surface area contributed by atoms with E-state index in [4.69, 9.17) is 0 Å². The van der Waals surface area contributed by atoms with Gasteiger partial charge in [0, 0.05) is 44.6 Å². The third kappa shape index (κ3) is 2.89. The van der Waals surface area contributed by atoms with E-state index in [1.165, 1.54) is 6.33 Å². The number of carbonyl (C=O) groups is 2. The molecule has 0 aromatic carbocycles. The van der Waals surface area contributed by atoms with E-state index in [-0.39, 0.29) is 29.3 Å². The summed E-state index contributed by atoms with van der Waals surface area (Å²) in [5.74, 6) is 0.129. The van der Waals surface area contributed by atoms with Gasteiger partial charge in [0.1, 0.15) is 12.5 Å². The fourth-order valence-corrected chi connectivity index (χ4v) is 4.29. The molecule has 4 heterocycles. The second kappa shape index (κ2) is 6.34. The van der Waals surface area contributed by atoms with Crippen molar-refractivity contribution in [2.24, 2.45) is 11.3 Å². The maximum Gasteiger partial charge on any atom is 0.230 e. The quantitative estimate of drug-likeness (QED) is 0.703. The molecule has 0 aliphatic carbocycles. The average Bonchev–Trinajstić information content (AvgIpc) is 3.34. The highest BCUT2D eigenvalue weighted by Crippen LogP contribution is 2.41. The summed E-state index contributed by atoms with van der Waals surface area (Å²) in [6.07, 6.45) is 3.65. The van der Waals surface area contributed by atoms with Crippen LogP contribution < -0.4 is 10.9 Å². The standard InChI is InChI=1S/C15H24N8O2/c1-2-21-9-15(7-12(21)24)3-5-22(6-4-15)14(25)11-8-16-18-13(11)23-10-17-19-20-23/h10-11,13,16,18H,2-9H2,1H3. The summed E-state index contributed by atoms with van der Waals surface area (Å²) in [6.45, 7) is 5.60. The third-order valence-corrected chi connectivity index (χ3v) is 5.84. The van der Waals surface area contributed by atoms with Gasteiger partial charge < -0.3 is 9.80 Å². The first kappa shape index (κ1) is 16.4. The number of tetrazole rings is 1. The molecule has 25 heavy (non-hydrogen) atoms. The first-order valence-corrected chi connectivity index (χ1v) is 8.89. The normalized spacial score (nSPS) is 28.9. The SMILES string of the molecule is CCN1CC2(CCN(C(=O)C3CNNC3n3cnnn3)CC2)CC1=O. The first-order chi connectivity index (χ1) is 12.1. The number of likely N-dealkylation sites (tertiary alicyclic amines) is 2. The summed E-state index contributed by atoms with van der Waals surface area (Å²) in [4.78, 5) is 28.9. The number of hydrazine groups is 1. The lowest BCUT2D eigenvalue weighted by Crippen LogP contribution is -2.48. The zero-order valence-corrected chi connectivity index (χ0v) is 14.4. The van der Waals surface area contributed by atoms with Gasteiger partial charge in [0.25, 0.3) is 0 Å². The lowest BCUT2D eigenvalue weighted by atomic mass is 9.77. The van der Waals surface area contributed by atoms with Gasteiger partial charge in [-0.2, -0.15) is 0 Å². The van der Waals surface area contributed by atoms with Crippen LogP contribution in [0.25, 0.3) is 0 Å². The van der Waals surface area contributed by atoms with Crippen molar-refractivity contribution in [1.29, 1.82) is 0 Å². The molecule has 0 bridgehead atoms. The number of rotatable bonds is 3. The van der Waals surface area contributed by atoms with Gasteiger partial charge in [0.15, 0.2) is 0 Å². The maximum atomic E-state index is 13.0. The van der Waals surface area contributed by atoms with Gasteiger partial charge in [0.2, 0.25) is 11.8 Å². The molecular weight excluding hydrogens is 324 g/mol. The summed E-state index contributed by atoms with van der Waals surface area (Å²) in [6, 6.07) is 0. The van der Waals surface area contributed by atoms with Crippen molar-refractivity contribution in [2.75, 3.05) is 32.7 Å². The Hall–Kier alpha value is -2.07. The monoisotopic (exact) mass is 348 g/mol. The minimum atomic E-state index is -0.276. The Kier molecular flexibility index (Phi) is 4.16. The van der Waals surface area contributed by atoms with Gasteiger partial charge in [-0.25, -0.2) is 10.1 Å². The highest BCUT2D eigenvalue weighted by atomic mass is 16.2. The Bertz CT molecular complexity index is 640. The van der Waals surface area contributed by atoms with Crippen molar-refractivity contribution in [3.63, 3.8) is 0 Å². The van der Waals surface area contributed by atoms with E-state index < -0.39 is 0 Å². The number of nitrogens with one attached hydrogen (secondary N) is 2. The number of piperidine rings is 1. The second-order valence-corrected chi connectivity index (χ2v) is 7.28. The summed E-state index contributed by atoms with van der Waals surface area (Å²) in [5, 5.41) is 11.2. The van der Waals surface area contributed by atoms with E-state index in [2.05, 4.69) is 26.4 Å². The number of hydrogen-bond acceptors (Lipinski definition) is 7. The number of hydrogen-bond donors (Lipinski definition) is 2.